The molecule has 1 N–H and O–H groups in total. The minimum Gasteiger partial charge on any atom is -0.497 e. The molecule has 0 bridgehead atoms. The fourth-order valence-electron chi connectivity index (χ4n) is 1.54. The van der Waals surface area contributed by atoms with Gasteiger partial charge >= 0.3 is 0 Å². The summed E-state index contributed by atoms with van der Waals surface area (Å²) in [4.78, 5) is 3.94. The number of hydrogen-bond donors (Lipinski definition) is 1. The highest BCUT2D eigenvalue weighted by molar-refractivity contribution is 5.31. The second-order valence-corrected chi connectivity index (χ2v) is 3.87. The van der Waals surface area contributed by atoms with Gasteiger partial charge in [-0.15, -0.1) is 0 Å². The maximum absolute atomic E-state index is 5.57. The van der Waals surface area contributed by atoms with Crippen molar-refractivity contribution in [3.8, 4) is 11.5 Å². The van der Waals surface area contributed by atoms with Gasteiger partial charge in [0.2, 0.25) is 6.39 Å². The Morgan fingerprint density at radius 1 is 1.16 bits per heavy atom. The predicted molar refractivity (Wildman–Crippen MR) is 69.4 cm³/mol. The van der Waals surface area contributed by atoms with Crippen LogP contribution < -0.4 is 14.8 Å². The molecule has 0 atom stereocenters. The zero-order valence-corrected chi connectivity index (χ0v) is 10.8. The van der Waals surface area contributed by atoms with Crippen LogP contribution in [0.25, 0.3) is 0 Å². The smallest absolute Gasteiger partial charge is 0.213 e. The minimum atomic E-state index is 0.610. The number of hydrogen-bond acceptors (Lipinski definition) is 6. The zero-order valence-electron chi connectivity index (χ0n) is 10.8. The highest BCUT2D eigenvalue weighted by Crippen LogP contribution is 2.16. The van der Waals surface area contributed by atoms with E-state index in [1.165, 1.54) is 6.39 Å². The van der Waals surface area contributed by atoms with Crippen LogP contribution in [0.5, 0.6) is 11.5 Å². The van der Waals surface area contributed by atoms with Crippen LogP contribution in [0.3, 0.4) is 0 Å². The molecule has 0 aliphatic carbocycles. The van der Waals surface area contributed by atoms with Crippen molar-refractivity contribution in [3.63, 3.8) is 0 Å². The summed E-state index contributed by atoms with van der Waals surface area (Å²) >= 11 is 0. The van der Waals surface area contributed by atoms with E-state index in [2.05, 4.69) is 20.0 Å². The molecule has 0 unspecified atom stereocenters. The van der Waals surface area contributed by atoms with Crippen LogP contribution in [0.4, 0.5) is 0 Å². The van der Waals surface area contributed by atoms with Gasteiger partial charge in [-0.1, -0.05) is 5.16 Å². The summed E-state index contributed by atoms with van der Waals surface area (Å²) in [7, 11) is 1.64. The van der Waals surface area contributed by atoms with Crippen molar-refractivity contribution >= 4 is 0 Å². The van der Waals surface area contributed by atoms with E-state index >= 15 is 0 Å². The first-order valence-electron chi connectivity index (χ1n) is 6.11. The monoisotopic (exact) mass is 263 g/mol. The summed E-state index contributed by atoms with van der Waals surface area (Å²) < 4.78 is 15.3. The van der Waals surface area contributed by atoms with Crippen LogP contribution in [0.15, 0.2) is 35.2 Å². The first-order chi connectivity index (χ1) is 9.38. The summed E-state index contributed by atoms with van der Waals surface area (Å²) in [5, 5.41) is 6.97. The van der Waals surface area contributed by atoms with Crippen molar-refractivity contribution in [2.45, 2.75) is 6.42 Å². The Morgan fingerprint density at radius 2 is 1.95 bits per heavy atom. The molecule has 1 aromatic heterocycles. The van der Waals surface area contributed by atoms with Crippen LogP contribution >= 0.6 is 0 Å². The standard InChI is InChI=1S/C13H17N3O3/c1-17-11-2-4-12(5-3-11)18-9-8-14-7-6-13-15-10-19-16-13/h2-5,10,14H,6-9H2,1H3. The molecule has 0 amide bonds. The number of methoxy groups -OCH3 is 1. The summed E-state index contributed by atoms with van der Waals surface area (Å²) in [5.74, 6) is 2.37. The average Bonchev–Trinajstić information content (AvgIpc) is 2.96. The molecule has 0 aliphatic rings. The quantitative estimate of drug-likeness (QED) is 0.724. The molecule has 0 radical (unpaired) electrons. The first-order valence-corrected chi connectivity index (χ1v) is 6.11. The average molecular weight is 263 g/mol. The van der Waals surface area contributed by atoms with Gasteiger partial charge in [-0.05, 0) is 24.3 Å². The molecule has 19 heavy (non-hydrogen) atoms. The van der Waals surface area contributed by atoms with Crippen molar-refractivity contribution in [2.24, 2.45) is 0 Å². The first kappa shape index (κ1) is 13.4. The summed E-state index contributed by atoms with van der Waals surface area (Å²) in [6.45, 7) is 2.17. The molecule has 0 aliphatic heterocycles. The second kappa shape index (κ2) is 7.38. The van der Waals surface area contributed by atoms with Crippen LogP contribution in [-0.2, 0) is 6.42 Å². The molecule has 0 spiro atoms. The molecule has 2 rings (SSSR count). The van der Waals surface area contributed by atoms with Crippen LogP contribution in [0, 0.1) is 0 Å². The van der Waals surface area contributed by atoms with E-state index in [9.17, 15) is 0 Å². The van der Waals surface area contributed by atoms with E-state index in [-0.39, 0.29) is 0 Å². The normalized spacial score (nSPS) is 10.4. The molecule has 1 aromatic carbocycles. The van der Waals surface area contributed by atoms with Crippen molar-refractivity contribution in [1.29, 1.82) is 0 Å². The third kappa shape index (κ3) is 4.59. The van der Waals surface area contributed by atoms with Gasteiger partial charge in [0.25, 0.3) is 0 Å². The summed E-state index contributed by atoms with van der Waals surface area (Å²) in [6, 6.07) is 7.52. The Morgan fingerprint density at radius 3 is 2.63 bits per heavy atom. The largest absolute Gasteiger partial charge is 0.497 e. The maximum Gasteiger partial charge on any atom is 0.213 e. The minimum absolute atomic E-state index is 0.610. The molecule has 6 heteroatoms. The van der Waals surface area contributed by atoms with E-state index < -0.39 is 0 Å². The number of benzene rings is 1. The van der Waals surface area contributed by atoms with Gasteiger partial charge in [0, 0.05) is 19.5 Å². The molecule has 0 saturated carbocycles. The van der Waals surface area contributed by atoms with Gasteiger partial charge in [0.05, 0.1) is 7.11 Å². The van der Waals surface area contributed by atoms with Gasteiger partial charge in [0.1, 0.15) is 18.1 Å². The van der Waals surface area contributed by atoms with Gasteiger partial charge in [-0.3, -0.25) is 0 Å². The number of rotatable bonds is 8. The molecule has 6 nitrogen and oxygen atoms in total. The molecular formula is C13H17N3O3. The number of nitrogens with zero attached hydrogens (tertiary/aromatic N) is 2. The lowest BCUT2D eigenvalue weighted by Crippen LogP contribution is -2.23. The predicted octanol–water partition coefficient (Wildman–Crippen LogP) is 1.29. The Kier molecular flexibility index (Phi) is 5.18. The highest BCUT2D eigenvalue weighted by atomic mass is 16.5. The van der Waals surface area contributed by atoms with Crippen LogP contribution in [0.1, 0.15) is 5.82 Å². The number of nitrogens with one attached hydrogen (secondary N) is 1. The lowest BCUT2D eigenvalue weighted by molar-refractivity contribution is 0.313. The third-order valence-electron chi connectivity index (χ3n) is 2.54. The number of ether oxygens (including phenoxy) is 2. The molecular weight excluding hydrogens is 246 g/mol. The van der Waals surface area contributed by atoms with Gasteiger partial charge in [0.15, 0.2) is 5.82 Å². The van der Waals surface area contributed by atoms with Crippen molar-refractivity contribution < 1.29 is 14.0 Å². The van der Waals surface area contributed by atoms with E-state index in [1.807, 2.05) is 24.3 Å². The van der Waals surface area contributed by atoms with E-state index in [1.54, 1.807) is 7.11 Å². The van der Waals surface area contributed by atoms with Gasteiger partial charge < -0.3 is 19.3 Å². The Hall–Kier alpha value is -2.08. The van der Waals surface area contributed by atoms with E-state index in [0.29, 0.717) is 12.4 Å². The maximum atomic E-state index is 5.57. The second-order valence-electron chi connectivity index (χ2n) is 3.87. The summed E-state index contributed by atoms with van der Waals surface area (Å²) in [5.41, 5.74) is 0. The lowest BCUT2D eigenvalue weighted by Gasteiger charge is -2.07. The van der Waals surface area contributed by atoms with Gasteiger partial charge in [-0.2, -0.15) is 4.98 Å². The van der Waals surface area contributed by atoms with Crippen molar-refractivity contribution in [1.82, 2.24) is 15.5 Å². The number of aromatic nitrogens is 2. The molecule has 2 aromatic rings. The molecule has 0 saturated heterocycles. The SMILES string of the molecule is COc1ccc(OCCNCCc2ncon2)cc1. The fraction of sp³-hybridized carbons (Fsp3) is 0.385. The van der Waals surface area contributed by atoms with Crippen molar-refractivity contribution in [3.05, 3.63) is 36.5 Å². The molecule has 1 heterocycles. The Balaban J connectivity index is 1.56. The summed E-state index contributed by atoms with van der Waals surface area (Å²) in [6.07, 6.45) is 2.08. The van der Waals surface area contributed by atoms with E-state index in [0.717, 1.165) is 31.0 Å². The van der Waals surface area contributed by atoms with Crippen molar-refractivity contribution in [2.75, 3.05) is 26.8 Å². The molecule has 0 fully saturated rings. The van der Waals surface area contributed by atoms with Crippen LogP contribution in [0.2, 0.25) is 0 Å². The topological polar surface area (TPSA) is 69.4 Å². The van der Waals surface area contributed by atoms with E-state index in [4.69, 9.17) is 9.47 Å². The van der Waals surface area contributed by atoms with Gasteiger partial charge in [-0.25, -0.2) is 0 Å². The fourth-order valence-corrected chi connectivity index (χ4v) is 1.54. The Labute approximate surface area is 111 Å². The lowest BCUT2D eigenvalue weighted by atomic mass is 10.3. The zero-order chi connectivity index (χ0) is 13.3. The highest BCUT2D eigenvalue weighted by Gasteiger charge is 1.98. The third-order valence-corrected chi connectivity index (χ3v) is 2.54. The van der Waals surface area contributed by atoms with Crippen LogP contribution in [-0.4, -0.2) is 36.9 Å². The Bertz CT molecular complexity index is 456. The molecule has 102 valence electrons.